The predicted octanol–water partition coefficient (Wildman–Crippen LogP) is 4.08. The molecule has 2 N–H and O–H groups in total. The van der Waals surface area contributed by atoms with Crippen LogP contribution in [0.1, 0.15) is 17.2 Å². The number of aliphatic carboxylic acids is 1. The van der Waals surface area contributed by atoms with Gasteiger partial charge in [0.1, 0.15) is 11.6 Å². The summed E-state index contributed by atoms with van der Waals surface area (Å²) in [4.78, 5) is 11.6. The summed E-state index contributed by atoms with van der Waals surface area (Å²) in [5.41, 5.74) is 0.518. The van der Waals surface area contributed by atoms with Crippen LogP contribution in [0.2, 0.25) is 0 Å². The number of hydrogen-bond acceptors (Lipinski definition) is 3. The summed E-state index contributed by atoms with van der Waals surface area (Å²) >= 11 is 0. The highest BCUT2D eigenvalue weighted by atomic mass is 19.3. The quantitative estimate of drug-likeness (QED) is 0.618. The third-order valence-corrected chi connectivity index (χ3v) is 4.01. The second-order valence-electron chi connectivity index (χ2n) is 6.14. The van der Waals surface area contributed by atoms with Gasteiger partial charge in [0.25, 0.3) is 0 Å². The van der Waals surface area contributed by atoms with E-state index in [1.165, 1.54) is 36.4 Å². The molecule has 2 atom stereocenters. The summed E-state index contributed by atoms with van der Waals surface area (Å²) in [7, 11) is 0. The smallest absolute Gasteiger partial charge is 0.340 e. The maximum Gasteiger partial charge on any atom is 0.340 e. The van der Waals surface area contributed by atoms with Crippen LogP contribution in [0, 0.1) is 11.7 Å². The van der Waals surface area contributed by atoms with Crippen molar-refractivity contribution in [1.82, 2.24) is 0 Å². The largest absolute Gasteiger partial charge is 0.487 e. The summed E-state index contributed by atoms with van der Waals surface area (Å²) in [5, 5.41) is 19.7. The minimum Gasteiger partial charge on any atom is -0.487 e. The van der Waals surface area contributed by atoms with Crippen LogP contribution in [-0.4, -0.2) is 35.1 Å². The van der Waals surface area contributed by atoms with Gasteiger partial charge in [0.2, 0.25) is 0 Å². The molecule has 152 valence electrons. The highest BCUT2D eigenvalue weighted by molar-refractivity contribution is 5.71. The molecular weight excluding hydrogens is 387 g/mol. The van der Waals surface area contributed by atoms with Gasteiger partial charge in [0.15, 0.2) is 6.61 Å². The molecule has 2 rings (SSSR count). The predicted molar refractivity (Wildman–Crippen MR) is 89.1 cm³/mol. The number of halogens is 5. The van der Waals surface area contributed by atoms with Crippen LogP contribution in [0.15, 0.2) is 48.5 Å². The Balaban J connectivity index is 2.13. The molecule has 0 saturated carbocycles. The van der Waals surface area contributed by atoms with E-state index >= 15 is 0 Å². The van der Waals surface area contributed by atoms with Gasteiger partial charge in [0.05, 0.1) is 12.0 Å². The van der Waals surface area contributed by atoms with E-state index in [1.807, 2.05) is 0 Å². The molecule has 0 aliphatic carbocycles. The fraction of sp³-hybridized carbons (Fsp3) is 0.316. The number of alkyl halides is 4. The highest BCUT2D eigenvalue weighted by Crippen LogP contribution is 2.28. The van der Waals surface area contributed by atoms with Crippen molar-refractivity contribution in [1.29, 1.82) is 0 Å². The topological polar surface area (TPSA) is 66.8 Å². The molecule has 0 bridgehead atoms. The fourth-order valence-corrected chi connectivity index (χ4v) is 2.48. The van der Waals surface area contributed by atoms with E-state index in [0.717, 1.165) is 12.1 Å². The molecule has 0 heterocycles. The molecule has 2 aromatic carbocycles. The van der Waals surface area contributed by atoms with Crippen molar-refractivity contribution >= 4 is 5.97 Å². The Morgan fingerprint density at radius 2 is 1.75 bits per heavy atom. The number of ether oxygens (including phenoxy) is 1. The van der Waals surface area contributed by atoms with Crippen molar-refractivity contribution in [2.45, 2.75) is 24.9 Å². The van der Waals surface area contributed by atoms with Crippen LogP contribution in [0.25, 0.3) is 0 Å². The third kappa shape index (κ3) is 5.66. The number of carboxylic acids is 1. The van der Waals surface area contributed by atoms with Crippen molar-refractivity contribution in [3.8, 4) is 5.75 Å². The molecule has 2 unspecified atom stereocenters. The molecule has 0 fully saturated rings. The first-order chi connectivity index (χ1) is 13.1. The Labute approximate surface area is 157 Å². The van der Waals surface area contributed by atoms with Gasteiger partial charge in [0, 0.05) is 0 Å². The van der Waals surface area contributed by atoms with Crippen LogP contribution >= 0.6 is 0 Å². The van der Waals surface area contributed by atoms with Crippen molar-refractivity contribution in [3.05, 3.63) is 65.5 Å². The Hall–Kier alpha value is -2.68. The lowest BCUT2D eigenvalue weighted by atomic mass is 9.90. The van der Waals surface area contributed by atoms with Crippen molar-refractivity contribution in [2.75, 3.05) is 6.61 Å². The summed E-state index contributed by atoms with van der Waals surface area (Å²) in [6.45, 7) is -1.53. The molecule has 0 aliphatic rings. The van der Waals surface area contributed by atoms with Crippen molar-refractivity contribution in [2.24, 2.45) is 5.92 Å². The lowest BCUT2D eigenvalue weighted by molar-refractivity contribution is -0.148. The number of aliphatic hydroxyl groups excluding tert-OH is 1. The maximum atomic E-state index is 13.0. The van der Waals surface area contributed by atoms with Gasteiger partial charge in [-0.05, 0) is 41.8 Å². The highest BCUT2D eigenvalue weighted by Gasteiger charge is 2.41. The number of rotatable bonds is 9. The maximum absolute atomic E-state index is 13.0. The van der Waals surface area contributed by atoms with Gasteiger partial charge in [-0.2, -0.15) is 8.78 Å². The Kier molecular flexibility index (Phi) is 6.95. The average molecular weight is 404 g/mol. The third-order valence-electron chi connectivity index (χ3n) is 4.01. The zero-order valence-electron chi connectivity index (χ0n) is 14.4. The lowest BCUT2D eigenvalue weighted by Gasteiger charge is -2.20. The molecule has 0 radical (unpaired) electrons. The van der Waals surface area contributed by atoms with Crippen LogP contribution in [0.3, 0.4) is 0 Å². The number of aliphatic hydroxyl groups is 1. The van der Waals surface area contributed by atoms with E-state index in [1.54, 1.807) is 0 Å². The molecule has 0 aliphatic heterocycles. The van der Waals surface area contributed by atoms with Crippen molar-refractivity contribution < 1.29 is 41.7 Å². The minimum atomic E-state index is -4.32. The van der Waals surface area contributed by atoms with Gasteiger partial charge >= 0.3 is 18.3 Å². The molecular formula is C19H17F5O4. The van der Waals surface area contributed by atoms with E-state index in [-0.39, 0.29) is 17.7 Å². The number of hydrogen-bond donors (Lipinski definition) is 2. The molecule has 9 heteroatoms. The van der Waals surface area contributed by atoms with Crippen LogP contribution in [0.4, 0.5) is 22.0 Å². The summed E-state index contributed by atoms with van der Waals surface area (Å²) in [5.74, 6) is -7.65. The van der Waals surface area contributed by atoms with Crippen LogP contribution in [0.5, 0.6) is 5.75 Å². The molecule has 4 nitrogen and oxygen atoms in total. The minimum absolute atomic E-state index is 0.141. The van der Waals surface area contributed by atoms with Crippen LogP contribution in [-0.2, 0) is 11.2 Å². The normalized spacial score (nSPS) is 14.0. The standard InChI is InChI=1S/C19H17F5O4/c20-13-6-4-12(5-7-13)16(25)15(17(26)27)9-11-2-1-3-14(8-11)28-10-19(23,24)18(21)22/h1-8,15-16,18,25H,9-10H2,(H,26,27). The number of benzene rings is 2. The average Bonchev–Trinajstić information content (AvgIpc) is 2.64. The Morgan fingerprint density at radius 3 is 2.32 bits per heavy atom. The van der Waals surface area contributed by atoms with Gasteiger partial charge in [-0.3, -0.25) is 4.79 Å². The zero-order valence-corrected chi connectivity index (χ0v) is 14.4. The van der Waals surface area contributed by atoms with Gasteiger partial charge in [-0.1, -0.05) is 24.3 Å². The summed E-state index contributed by atoms with van der Waals surface area (Å²) in [6, 6.07) is 10.0. The second-order valence-corrected chi connectivity index (χ2v) is 6.14. The molecule has 2 aromatic rings. The lowest BCUT2D eigenvalue weighted by Crippen LogP contribution is -2.33. The molecule has 0 saturated heterocycles. The van der Waals surface area contributed by atoms with E-state index in [2.05, 4.69) is 0 Å². The van der Waals surface area contributed by atoms with Gasteiger partial charge in [-0.15, -0.1) is 0 Å². The molecule has 28 heavy (non-hydrogen) atoms. The second kappa shape index (κ2) is 9.01. The van der Waals surface area contributed by atoms with E-state index < -0.39 is 42.8 Å². The van der Waals surface area contributed by atoms with Gasteiger partial charge < -0.3 is 14.9 Å². The number of carboxylic acid groups (broad SMARTS) is 1. The summed E-state index contributed by atoms with van der Waals surface area (Å²) in [6.07, 6.45) is -5.53. The fourth-order valence-electron chi connectivity index (χ4n) is 2.48. The van der Waals surface area contributed by atoms with Crippen LogP contribution < -0.4 is 4.74 Å². The first kappa shape index (κ1) is 21.6. The van der Waals surface area contributed by atoms with E-state index in [4.69, 9.17) is 4.74 Å². The van der Waals surface area contributed by atoms with E-state index in [0.29, 0.717) is 5.56 Å². The molecule has 0 amide bonds. The SMILES string of the molecule is O=C(O)C(Cc1cccc(OCC(F)(F)C(F)F)c1)C(O)c1ccc(F)cc1. The summed E-state index contributed by atoms with van der Waals surface area (Å²) < 4.78 is 68.0. The van der Waals surface area contributed by atoms with Crippen molar-refractivity contribution in [3.63, 3.8) is 0 Å². The first-order valence-corrected chi connectivity index (χ1v) is 8.14. The zero-order chi connectivity index (χ0) is 20.9. The first-order valence-electron chi connectivity index (χ1n) is 8.14. The Morgan fingerprint density at radius 1 is 1.11 bits per heavy atom. The monoisotopic (exact) mass is 404 g/mol. The molecule has 0 spiro atoms. The van der Waals surface area contributed by atoms with E-state index in [9.17, 15) is 37.0 Å². The molecule has 0 aromatic heterocycles. The number of carbonyl (C=O) groups is 1. The Bertz CT molecular complexity index is 795. The van der Waals surface area contributed by atoms with Gasteiger partial charge in [-0.25, -0.2) is 13.2 Å².